The number of hydrogen-bond donors (Lipinski definition) is 1. The van der Waals surface area contributed by atoms with Crippen molar-refractivity contribution in [2.24, 2.45) is 0 Å². The SMILES string of the molecule is O=C(O)c1cccn2c(=O)cc(C3CC3)nc12. The molecule has 2 heterocycles. The molecular formula is C12H10N2O3. The highest BCUT2D eigenvalue weighted by molar-refractivity contribution is 5.94. The Morgan fingerprint density at radius 2 is 2.24 bits per heavy atom. The number of nitrogens with zero attached hydrogens (tertiary/aromatic N) is 2. The van der Waals surface area contributed by atoms with Gasteiger partial charge in [-0.15, -0.1) is 0 Å². The van der Waals surface area contributed by atoms with Crippen LogP contribution in [0.5, 0.6) is 0 Å². The second-order valence-electron chi connectivity index (χ2n) is 4.21. The molecule has 5 heteroatoms. The number of rotatable bonds is 2. The van der Waals surface area contributed by atoms with Gasteiger partial charge in [-0.25, -0.2) is 9.78 Å². The van der Waals surface area contributed by atoms with Crippen LogP contribution < -0.4 is 5.56 Å². The fourth-order valence-corrected chi connectivity index (χ4v) is 1.90. The Hall–Kier alpha value is -2.17. The van der Waals surface area contributed by atoms with Crippen LogP contribution >= 0.6 is 0 Å². The molecule has 0 spiro atoms. The number of hydrogen-bond acceptors (Lipinski definition) is 3. The highest BCUT2D eigenvalue weighted by atomic mass is 16.4. The van der Waals surface area contributed by atoms with Gasteiger partial charge in [0.15, 0.2) is 5.65 Å². The van der Waals surface area contributed by atoms with Crippen molar-refractivity contribution in [2.75, 3.05) is 0 Å². The van der Waals surface area contributed by atoms with Gasteiger partial charge in [-0.2, -0.15) is 0 Å². The van der Waals surface area contributed by atoms with E-state index in [1.807, 2.05) is 0 Å². The maximum Gasteiger partial charge on any atom is 0.339 e. The van der Waals surface area contributed by atoms with E-state index >= 15 is 0 Å². The Kier molecular flexibility index (Phi) is 2.01. The molecule has 0 aromatic carbocycles. The Morgan fingerprint density at radius 1 is 1.47 bits per heavy atom. The van der Waals surface area contributed by atoms with Gasteiger partial charge in [0.1, 0.15) is 5.56 Å². The molecule has 1 saturated carbocycles. The van der Waals surface area contributed by atoms with Gasteiger partial charge in [0.25, 0.3) is 5.56 Å². The maximum absolute atomic E-state index is 11.8. The zero-order valence-corrected chi connectivity index (χ0v) is 8.96. The third kappa shape index (κ3) is 1.60. The van der Waals surface area contributed by atoms with Crippen LogP contribution in [0.25, 0.3) is 5.65 Å². The first kappa shape index (κ1) is 10.0. The molecule has 1 N–H and O–H groups in total. The predicted octanol–water partition coefficient (Wildman–Crippen LogP) is 1.27. The highest BCUT2D eigenvalue weighted by Crippen LogP contribution is 2.38. The summed E-state index contributed by atoms with van der Waals surface area (Å²) in [7, 11) is 0. The molecule has 0 aliphatic heterocycles. The summed E-state index contributed by atoms with van der Waals surface area (Å²) in [6, 6.07) is 4.49. The predicted molar refractivity (Wildman–Crippen MR) is 60.4 cm³/mol. The number of carbonyl (C=O) groups is 1. The van der Waals surface area contributed by atoms with E-state index in [1.165, 1.54) is 28.8 Å². The molecule has 0 saturated heterocycles. The van der Waals surface area contributed by atoms with Crippen LogP contribution in [-0.4, -0.2) is 20.5 Å². The normalized spacial score (nSPS) is 15.1. The molecule has 1 aliphatic carbocycles. The number of aromatic nitrogens is 2. The lowest BCUT2D eigenvalue weighted by atomic mass is 10.2. The van der Waals surface area contributed by atoms with Crippen LogP contribution in [0.1, 0.15) is 34.8 Å². The standard InChI is InChI=1S/C12H10N2O3/c15-10-6-9(7-3-4-7)13-11-8(12(16)17)2-1-5-14(10)11/h1-2,5-7H,3-4H2,(H,16,17). The molecule has 0 bridgehead atoms. The molecule has 0 unspecified atom stereocenters. The molecule has 1 aliphatic rings. The second-order valence-corrected chi connectivity index (χ2v) is 4.21. The summed E-state index contributed by atoms with van der Waals surface area (Å²) in [5, 5.41) is 9.06. The van der Waals surface area contributed by atoms with Gasteiger partial charge in [-0.1, -0.05) is 0 Å². The molecule has 2 aromatic rings. The zero-order chi connectivity index (χ0) is 12.0. The van der Waals surface area contributed by atoms with Crippen LogP contribution in [0.3, 0.4) is 0 Å². The monoisotopic (exact) mass is 230 g/mol. The molecule has 17 heavy (non-hydrogen) atoms. The second kappa shape index (κ2) is 3.41. The maximum atomic E-state index is 11.8. The van der Waals surface area contributed by atoms with Crippen LogP contribution in [0.4, 0.5) is 0 Å². The largest absolute Gasteiger partial charge is 0.478 e. The molecule has 0 radical (unpaired) electrons. The molecule has 3 rings (SSSR count). The molecular weight excluding hydrogens is 220 g/mol. The van der Waals surface area contributed by atoms with Gasteiger partial charge in [-0.3, -0.25) is 9.20 Å². The number of fused-ring (bicyclic) bond motifs is 1. The molecule has 1 fully saturated rings. The first-order chi connectivity index (χ1) is 8.16. The van der Waals surface area contributed by atoms with E-state index in [4.69, 9.17) is 5.11 Å². The summed E-state index contributed by atoms with van der Waals surface area (Å²) in [6.07, 6.45) is 3.59. The summed E-state index contributed by atoms with van der Waals surface area (Å²) < 4.78 is 1.27. The van der Waals surface area contributed by atoms with Crippen LogP contribution in [0.2, 0.25) is 0 Å². The third-order valence-electron chi connectivity index (χ3n) is 2.94. The van der Waals surface area contributed by atoms with Gasteiger partial charge in [-0.05, 0) is 25.0 Å². The summed E-state index contributed by atoms with van der Waals surface area (Å²) in [5.41, 5.74) is 0.783. The van der Waals surface area contributed by atoms with Crippen molar-refractivity contribution < 1.29 is 9.90 Å². The smallest absolute Gasteiger partial charge is 0.339 e. The minimum Gasteiger partial charge on any atom is -0.478 e. The fraction of sp³-hybridized carbons (Fsp3) is 0.250. The Labute approximate surface area is 96.4 Å². The van der Waals surface area contributed by atoms with Crippen molar-refractivity contribution >= 4 is 11.6 Å². The number of carboxylic acid groups (broad SMARTS) is 1. The fourth-order valence-electron chi connectivity index (χ4n) is 1.90. The molecule has 0 atom stereocenters. The van der Waals surface area contributed by atoms with Crippen molar-refractivity contribution in [2.45, 2.75) is 18.8 Å². The number of aromatic carboxylic acids is 1. The Balaban J connectivity index is 2.36. The molecule has 5 nitrogen and oxygen atoms in total. The summed E-state index contributed by atoms with van der Waals surface area (Å²) >= 11 is 0. The lowest BCUT2D eigenvalue weighted by Gasteiger charge is -2.05. The van der Waals surface area contributed by atoms with Crippen LogP contribution in [0.15, 0.2) is 29.2 Å². The van der Waals surface area contributed by atoms with Crippen molar-refractivity contribution in [3.8, 4) is 0 Å². The summed E-state index contributed by atoms with van der Waals surface area (Å²) in [4.78, 5) is 27.2. The van der Waals surface area contributed by atoms with E-state index in [0.29, 0.717) is 11.6 Å². The van der Waals surface area contributed by atoms with Crippen molar-refractivity contribution in [1.29, 1.82) is 0 Å². The zero-order valence-electron chi connectivity index (χ0n) is 8.96. The average Bonchev–Trinajstić information content (AvgIpc) is 3.11. The first-order valence-corrected chi connectivity index (χ1v) is 5.42. The minimum absolute atomic E-state index is 0.0621. The molecule has 0 amide bonds. The quantitative estimate of drug-likeness (QED) is 0.843. The molecule has 2 aromatic heterocycles. The van der Waals surface area contributed by atoms with Gasteiger partial charge in [0, 0.05) is 18.2 Å². The number of carboxylic acids is 1. The summed E-state index contributed by atoms with van der Waals surface area (Å²) in [5.74, 6) is -0.738. The third-order valence-corrected chi connectivity index (χ3v) is 2.94. The van der Waals surface area contributed by atoms with E-state index < -0.39 is 5.97 Å². The van der Waals surface area contributed by atoms with Gasteiger partial charge >= 0.3 is 5.97 Å². The van der Waals surface area contributed by atoms with Crippen LogP contribution in [0, 0.1) is 0 Å². The van der Waals surface area contributed by atoms with E-state index in [9.17, 15) is 9.59 Å². The van der Waals surface area contributed by atoms with E-state index in [-0.39, 0.29) is 16.8 Å². The lowest BCUT2D eigenvalue weighted by molar-refractivity contribution is 0.0698. The van der Waals surface area contributed by atoms with Crippen molar-refractivity contribution in [3.05, 3.63) is 46.0 Å². The van der Waals surface area contributed by atoms with Crippen molar-refractivity contribution in [3.63, 3.8) is 0 Å². The van der Waals surface area contributed by atoms with E-state index in [2.05, 4.69) is 4.98 Å². The summed E-state index contributed by atoms with van der Waals surface area (Å²) in [6.45, 7) is 0. The van der Waals surface area contributed by atoms with E-state index in [0.717, 1.165) is 12.8 Å². The first-order valence-electron chi connectivity index (χ1n) is 5.42. The van der Waals surface area contributed by atoms with Gasteiger partial charge in [0.05, 0.1) is 5.69 Å². The Bertz CT molecular complexity index is 671. The lowest BCUT2D eigenvalue weighted by Crippen LogP contribution is -2.17. The highest BCUT2D eigenvalue weighted by Gasteiger charge is 2.26. The minimum atomic E-state index is -1.07. The van der Waals surface area contributed by atoms with Crippen molar-refractivity contribution in [1.82, 2.24) is 9.38 Å². The van der Waals surface area contributed by atoms with E-state index in [1.54, 1.807) is 0 Å². The number of pyridine rings is 1. The topological polar surface area (TPSA) is 71.7 Å². The Morgan fingerprint density at radius 3 is 2.88 bits per heavy atom. The van der Waals surface area contributed by atoms with Gasteiger partial charge < -0.3 is 5.11 Å². The van der Waals surface area contributed by atoms with Gasteiger partial charge in [0.2, 0.25) is 0 Å². The van der Waals surface area contributed by atoms with Crippen LogP contribution in [-0.2, 0) is 0 Å². The molecule has 86 valence electrons. The average molecular weight is 230 g/mol.